The number of anilines is 1. The Morgan fingerprint density at radius 1 is 1.57 bits per heavy atom. The van der Waals surface area contributed by atoms with Crippen LogP contribution in [0.5, 0.6) is 0 Å². The summed E-state index contributed by atoms with van der Waals surface area (Å²) in [5.74, 6) is 1.16. The van der Waals surface area contributed by atoms with Crippen molar-refractivity contribution in [2.24, 2.45) is 5.92 Å². The predicted molar refractivity (Wildman–Crippen MR) is 82.1 cm³/mol. The van der Waals surface area contributed by atoms with Crippen molar-refractivity contribution in [3.05, 3.63) is 12.3 Å². The number of aliphatic hydroxyl groups is 1. The summed E-state index contributed by atoms with van der Waals surface area (Å²) in [6.07, 6.45) is 3.45. The van der Waals surface area contributed by atoms with Crippen LogP contribution in [-0.2, 0) is 6.54 Å². The lowest BCUT2D eigenvalue weighted by atomic mass is 9.97. The molecule has 6 nitrogen and oxygen atoms in total. The molecule has 1 fully saturated rings. The molecule has 21 heavy (non-hydrogen) atoms. The van der Waals surface area contributed by atoms with Crippen LogP contribution in [0.4, 0.5) is 10.6 Å². The van der Waals surface area contributed by atoms with Gasteiger partial charge in [-0.15, -0.1) is 0 Å². The minimum Gasteiger partial charge on any atom is -0.388 e. The third kappa shape index (κ3) is 3.75. The first-order valence-electron chi connectivity index (χ1n) is 7.61. The van der Waals surface area contributed by atoms with Crippen LogP contribution >= 0.6 is 0 Å². The topological polar surface area (TPSA) is 70.4 Å². The highest BCUT2D eigenvalue weighted by atomic mass is 16.3. The molecule has 2 heterocycles. The number of nitrogens with one attached hydrogen (secondary N) is 1. The minimum absolute atomic E-state index is 0.140. The van der Waals surface area contributed by atoms with Crippen LogP contribution in [0.1, 0.15) is 40.5 Å². The van der Waals surface area contributed by atoms with Gasteiger partial charge in [-0.25, -0.2) is 9.48 Å². The molecule has 2 rings (SSSR count). The van der Waals surface area contributed by atoms with Gasteiger partial charge < -0.3 is 10.0 Å². The monoisotopic (exact) mass is 294 g/mol. The van der Waals surface area contributed by atoms with E-state index in [1.165, 1.54) is 0 Å². The Hall–Kier alpha value is -1.56. The van der Waals surface area contributed by atoms with E-state index in [0.29, 0.717) is 18.3 Å². The van der Waals surface area contributed by atoms with Gasteiger partial charge in [0.15, 0.2) is 0 Å². The average Bonchev–Trinajstić information content (AvgIpc) is 2.97. The van der Waals surface area contributed by atoms with E-state index in [0.717, 1.165) is 19.4 Å². The van der Waals surface area contributed by atoms with Crippen LogP contribution in [0.15, 0.2) is 12.3 Å². The van der Waals surface area contributed by atoms with E-state index in [2.05, 4.69) is 24.3 Å². The Morgan fingerprint density at radius 3 is 2.90 bits per heavy atom. The van der Waals surface area contributed by atoms with E-state index in [1.807, 2.05) is 0 Å². The van der Waals surface area contributed by atoms with Crippen LogP contribution in [0.3, 0.4) is 0 Å². The van der Waals surface area contributed by atoms with Crippen LogP contribution in [0, 0.1) is 5.92 Å². The summed E-state index contributed by atoms with van der Waals surface area (Å²) >= 11 is 0. The van der Waals surface area contributed by atoms with Gasteiger partial charge in [0.2, 0.25) is 0 Å². The molecular formula is C15H26N4O2. The summed E-state index contributed by atoms with van der Waals surface area (Å²) in [5, 5.41) is 17.4. The van der Waals surface area contributed by atoms with E-state index in [4.69, 9.17) is 0 Å². The molecule has 1 saturated heterocycles. The normalized spacial score (nSPS) is 19.3. The number of carbonyl (C=O) groups excluding carboxylic acids is 1. The Balaban J connectivity index is 2.06. The van der Waals surface area contributed by atoms with Gasteiger partial charge in [-0.2, -0.15) is 5.10 Å². The molecule has 1 aliphatic rings. The number of hydrogen-bond donors (Lipinski definition) is 2. The second kappa shape index (κ2) is 6.05. The molecule has 0 aliphatic carbocycles. The molecule has 1 unspecified atom stereocenters. The van der Waals surface area contributed by atoms with Crippen LogP contribution in [0.2, 0.25) is 0 Å². The van der Waals surface area contributed by atoms with Gasteiger partial charge in [0.1, 0.15) is 5.82 Å². The van der Waals surface area contributed by atoms with E-state index >= 15 is 0 Å². The summed E-state index contributed by atoms with van der Waals surface area (Å²) in [6, 6.07) is 1.50. The Kier molecular flexibility index (Phi) is 4.56. The third-order valence-corrected chi connectivity index (χ3v) is 3.82. The summed E-state index contributed by atoms with van der Waals surface area (Å²) in [5.41, 5.74) is -0.883. The van der Waals surface area contributed by atoms with Crippen LogP contribution in [0.25, 0.3) is 0 Å². The molecule has 0 aromatic carbocycles. The van der Waals surface area contributed by atoms with Gasteiger partial charge in [0.25, 0.3) is 0 Å². The van der Waals surface area contributed by atoms with E-state index in [1.54, 1.807) is 35.7 Å². The second-order valence-electron chi connectivity index (χ2n) is 6.73. The number of hydrogen-bond acceptors (Lipinski definition) is 3. The number of urea groups is 1. The van der Waals surface area contributed by atoms with E-state index < -0.39 is 5.60 Å². The zero-order valence-corrected chi connectivity index (χ0v) is 13.3. The number of likely N-dealkylation sites (tertiary alicyclic amines) is 1. The number of nitrogens with zero attached hydrogens (tertiary/aromatic N) is 3. The summed E-state index contributed by atoms with van der Waals surface area (Å²) < 4.78 is 1.80. The first-order chi connectivity index (χ1) is 9.79. The van der Waals surface area contributed by atoms with Gasteiger partial charge in [-0.1, -0.05) is 13.8 Å². The first kappa shape index (κ1) is 15.8. The number of rotatable bonds is 4. The lowest BCUT2D eigenvalue weighted by Gasteiger charge is -2.33. The lowest BCUT2D eigenvalue weighted by molar-refractivity contribution is 0.0117. The van der Waals surface area contributed by atoms with Crippen LogP contribution < -0.4 is 5.32 Å². The number of carbonyl (C=O) groups is 1. The molecule has 0 radical (unpaired) electrons. The maximum atomic E-state index is 12.5. The first-order valence-corrected chi connectivity index (χ1v) is 7.61. The fraction of sp³-hybridized carbons (Fsp3) is 0.733. The van der Waals surface area contributed by atoms with E-state index in [-0.39, 0.29) is 12.1 Å². The molecule has 0 bridgehead atoms. The molecule has 1 aliphatic heterocycles. The largest absolute Gasteiger partial charge is 0.388 e. The highest BCUT2D eigenvalue weighted by Crippen LogP contribution is 2.27. The SMILES string of the molecule is CC(C)Cn1nccc1NC(=O)N1CCCC1C(C)(C)O. The van der Waals surface area contributed by atoms with Crippen molar-refractivity contribution < 1.29 is 9.90 Å². The highest BCUT2D eigenvalue weighted by Gasteiger charge is 2.38. The number of aromatic nitrogens is 2. The Labute approximate surface area is 126 Å². The molecule has 2 amide bonds. The fourth-order valence-electron chi connectivity index (χ4n) is 2.86. The standard InChI is InChI=1S/C15H26N4O2/c1-11(2)10-19-13(7-8-16-19)17-14(20)18-9-5-6-12(18)15(3,4)21/h7-8,11-12,21H,5-6,9-10H2,1-4H3,(H,17,20). The Morgan fingerprint density at radius 2 is 2.29 bits per heavy atom. The molecule has 1 aromatic heterocycles. The molecule has 118 valence electrons. The molecule has 1 atom stereocenters. The number of amides is 2. The Bertz CT molecular complexity index is 490. The minimum atomic E-state index is -0.883. The zero-order valence-electron chi connectivity index (χ0n) is 13.3. The molecule has 6 heteroatoms. The molecule has 0 spiro atoms. The maximum absolute atomic E-state index is 12.5. The van der Waals surface area contributed by atoms with Crippen molar-refractivity contribution >= 4 is 11.8 Å². The summed E-state index contributed by atoms with van der Waals surface area (Å²) in [7, 11) is 0. The lowest BCUT2D eigenvalue weighted by Crippen LogP contribution is -2.49. The second-order valence-corrected chi connectivity index (χ2v) is 6.73. The average molecular weight is 294 g/mol. The molecular weight excluding hydrogens is 268 g/mol. The van der Waals surface area contributed by atoms with Gasteiger partial charge in [0, 0.05) is 19.2 Å². The fourth-order valence-corrected chi connectivity index (χ4v) is 2.86. The third-order valence-electron chi connectivity index (χ3n) is 3.82. The smallest absolute Gasteiger partial charge is 0.323 e. The van der Waals surface area contributed by atoms with Crippen LogP contribution in [-0.4, -0.2) is 44.0 Å². The molecule has 1 aromatic rings. The maximum Gasteiger partial charge on any atom is 0.323 e. The summed E-state index contributed by atoms with van der Waals surface area (Å²) in [4.78, 5) is 14.2. The highest BCUT2D eigenvalue weighted by molar-refractivity contribution is 5.88. The quantitative estimate of drug-likeness (QED) is 0.895. The van der Waals surface area contributed by atoms with Crippen molar-refractivity contribution in [2.45, 2.75) is 58.7 Å². The van der Waals surface area contributed by atoms with Gasteiger partial charge in [-0.05, 0) is 32.6 Å². The van der Waals surface area contributed by atoms with E-state index in [9.17, 15) is 9.90 Å². The van der Waals surface area contributed by atoms with Crippen molar-refractivity contribution in [3.8, 4) is 0 Å². The van der Waals surface area contributed by atoms with Gasteiger partial charge in [-0.3, -0.25) is 5.32 Å². The van der Waals surface area contributed by atoms with Crippen molar-refractivity contribution in [3.63, 3.8) is 0 Å². The van der Waals surface area contributed by atoms with Gasteiger partial charge >= 0.3 is 6.03 Å². The van der Waals surface area contributed by atoms with Crippen molar-refractivity contribution in [1.29, 1.82) is 0 Å². The predicted octanol–water partition coefficient (Wildman–Crippen LogP) is 2.31. The van der Waals surface area contributed by atoms with Gasteiger partial charge in [0.05, 0.1) is 17.8 Å². The summed E-state index contributed by atoms with van der Waals surface area (Å²) in [6.45, 7) is 9.17. The van der Waals surface area contributed by atoms with Crippen molar-refractivity contribution in [1.82, 2.24) is 14.7 Å². The van der Waals surface area contributed by atoms with Crippen molar-refractivity contribution in [2.75, 3.05) is 11.9 Å². The molecule has 0 saturated carbocycles. The zero-order chi connectivity index (χ0) is 15.6. The molecule has 2 N–H and O–H groups in total.